The summed E-state index contributed by atoms with van der Waals surface area (Å²) < 4.78 is 0. The first-order valence-electron chi connectivity index (χ1n) is 10.6. The Bertz CT molecular complexity index is 1240. The Labute approximate surface area is 176 Å². The molecule has 1 aliphatic heterocycles. The highest BCUT2D eigenvalue weighted by molar-refractivity contribution is 6.25. The second-order valence-electron chi connectivity index (χ2n) is 10.0. The summed E-state index contributed by atoms with van der Waals surface area (Å²) in [5, 5.41) is 22.3. The molecule has 0 aromatic heterocycles. The minimum atomic E-state index is -0.452. The molecule has 0 atom stereocenters. The lowest BCUT2D eigenvalue weighted by atomic mass is 9.75. The minimum absolute atomic E-state index is 0.0271. The van der Waals surface area contributed by atoms with E-state index in [0.717, 1.165) is 11.1 Å². The zero-order valence-electron chi connectivity index (χ0n) is 18.0. The summed E-state index contributed by atoms with van der Waals surface area (Å²) in [5.41, 5.74) is -0.0495. The van der Waals surface area contributed by atoms with Gasteiger partial charge in [0.15, 0.2) is 0 Å². The van der Waals surface area contributed by atoms with Crippen molar-refractivity contribution < 1.29 is 10.0 Å². The third-order valence-corrected chi connectivity index (χ3v) is 6.80. The van der Waals surface area contributed by atoms with Gasteiger partial charge in [0.25, 0.3) is 0 Å². The molecule has 1 amide bonds. The van der Waals surface area contributed by atoms with Crippen LogP contribution in [0.15, 0.2) is 54.6 Å². The van der Waals surface area contributed by atoms with Crippen LogP contribution in [-0.4, -0.2) is 27.3 Å². The van der Waals surface area contributed by atoms with Gasteiger partial charge in [0, 0.05) is 28.1 Å². The molecule has 30 heavy (non-hydrogen) atoms. The standard InChI is InChI=1S/C26H28N2O2/c1-25(2)14-19(15-26(3,4)28(25)30)24(29)27-21-13-11-18-9-8-16-6-5-7-17-10-12-20(21)23(18)22(16)17/h5-13,19,30H,14-15H2,1-4H3,(H,27,29). The molecular weight excluding hydrogens is 372 g/mol. The van der Waals surface area contributed by atoms with Crippen molar-refractivity contribution in [1.82, 2.24) is 5.06 Å². The van der Waals surface area contributed by atoms with Gasteiger partial charge in [-0.1, -0.05) is 48.5 Å². The molecule has 1 heterocycles. The van der Waals surface area contributed by atoms with Crippen LogP contribution in [0, 0.1) is 5.92 Å². The first-order valence-corrected chi connectivity index (χ1v) is 10.6. The number of benzene rings is 4. The van der Waals surface area contributed by atoms with Gasteiger partial charge >= 0.3 is 0 Å². The van der Waals surface area contributed by atoms with E-state index in [2.05, 4.69) is 53.8 Å². The average molecular weight is 401 g/mol. The topological polar surface area (TPSA) is 52.6 Å². The largest absolute Gasteiger partial charge is 0.325 e. The van der Waals surface area contributed by atoms with E-state index in [4.69, 9.17) is 0 Å². The second-order valence-corrected chi connectivity index (χ2v) is 10.0. The lowest BCUT2D eigenvalue weighted by Gasteiger charge is -2.51. The summed E-state index contributed by atoms with van der Waals surface area (Å²) in [6, 6.07) is 19.0. The van der Waals surface area contributed by atoms with Crippen molar-refractivity contribution in [3.05, 3.63) is 54.6 Å². The predicted octanol–water partition coefficient (Wildman–Crippen LogP) is 6.18. The third-order valence-electron chi connectivity index (χ3n) is 6.80. The van der Waals surface area contributed by atoms with E-state index in [0.29, 0.717) is 12.8 Å². The molecule has 4 aromatic carbocycles. The first kappa shape index (κ1) is 19.3. The van der Waals surface area contributed by atoms with Crippen molar-refractivity contribution in [2.45, 2.75) is 51.6 Å². The maximum Gasteiger partial charge on any atom is 0.227 e. The molecule has 154 valence electrons. The van der Waals surface area contributed by atoms with Crippen LogP contribution >= 0.6 is 0 Å². The fourth-order valence-corrected chi connectivity index (χ4v) is 5.53. The molecule has 5 rings (SSSR count). The van der Waals surface area contributed by atoms with Gasteiger partial charge in [0.05, 0.1) is 0 Å². The van der Waals surface area contributed by atoms with E-state index in [9.17, 15) is 10.0 Å². The van der Waals surface area contributed by atoms with Gasteiger partial charge < -0.3 is 10.5 Å². The minimum Gasteiger partial charge on any atom is -0.325 e. The van der Waals surface area contributed by atoms with Crippen molar-refractivity contribution in [3.8, 4) is 0 Å². The SMILES string of the molecule is CC1(C)CC(C(=O)Nc2ccc3ccc4cccc5ccc2c3c45)CC(C)(C)N1O. The van der Waals surface area contributed by atoms with Gasteiger partial charge in [0.2, 0.25) is 5.91 Å². The number of rotatable bonds is 2. The molecular formula is C26H28N2O2. The van der Waals surface area contributed by atoms with Gasteiger partial charge in [-0.3, -0.25) is 4.79 Å². The fourth-order valence-electron chi connectivity index (χ4n) is 5.53. The molecule has 4 aromatic rings. The second kappa shape index (κ2) is 6.40. The monoisotopic (exact) mass is 400 g/mol. The highest BCUT2D eigenvalue weighted by atomic mass is 16.5. The molecule has 0 aliphatic carbocycles. The number of nitrogens with one attached hydrogen (secondary N) is 1. The van der Waals surface area contributed by atoms with Crippen LogP contribution in [0.25, 0.3) is 32.3 Å². The Hall–Kier alpha value is -2.69. The molecule has 4 nitrogen and oxygen atoms in total. The molecule has 0 spiro atoms. The third kappa shape index (κ3) is 2.86. The number of nitrogens with zero attached hydrogens (tertiary/aromatic N) is 1. The lowest BCUT2D eigenvalue weighted by Crippen LogP contribution is -2.60. The van der Waals surface area contributed by atoms with Crippen LogP contribution in [0.2, 0.25) is 0 Å². The van der Waals surface area contributed by atoms with E-state index in [1.807, 2.05) is 33.8 Å². The number of hydrogen-bond acceptors (Lipinski definition) is 3. The quantitative estimate of drug-likeness (QED) is 0.395. The fraction of sp³-hybridized carbons (Fsp3) is 0.346. The molecule has 1 saturated heterocycles. The molecule has 0 radical (unpaired) electrons. The van der Waals surface area contributed by atoms with Crippen LogP contribution in [0.5, 0.6) is 0 Å². The van der Waals surface area contributed by atoms with Gasteiger partial charge in [-0.25, -0.2) is 0 Å². The normalized spacial score (nSPS) is 19.6. The molecule has 0 bridgehead atoms. The maximum absolute atomic E-state index is 13.3. The van der Waals surface area contributed by atoms with Crippen LogP contribution in [0.1, 0.15) is 40.5 Å². The van der Waals surface area contributed by atoms with Crippen LogP contribution in [0.4, 0.5) is 5.69 Å². The molecule has 1 fully saturated rings. The Morgan fingerprint density at radius 1 is 0.867 bits per heavy atom. The predicted molar refractivity (Wildman–Crippen MR) is 123 cm³/mol. The van der Waals surface area contributed by atoms with E-state index < -0.39 is 11.1 Å². The van der Waals surface area contributed by atoms with Gasteiger partial charge in [-0.2, -0.15) is 5.06 Å². The van der Waals surface area contributed by atoms with Crippen molar-refractivity contribution in [1.29, 1.82) is 0 Å². The number of hydroxylamine groups is 2. The number of piperidine rings is 1. The van der Waals surface area contributed by atoms with Gasteiger partial charge in [-0.15, -0.1) is 0 Å². The molecule has 0 unspecified atom stereocenters. The smallest absolute Gasteiger partial charge is 0.227 e. The van der Waals surface area contributed by atoms with E-state index in [1.54, 1.807) is 0 Å². The number of amides is 1. The summed E-state index contributed by atoms with van der Waals surface area (Å²) in [7, 11) is 0. The highest BCUT2D eigenvalue weighted by Gasteiger charge is 2.47. The number of carbonyl (C=O) groups is 1. The first-order chi connectivity index (χ1) is 14.2. The maximum atomic E-state index is 13.3. The molecule has 2 N–H and O–H groups in total. The number of carbonyl (C=O) groups excluding carboxylic acids is 1. The highest BCUT2D eigenvalue weighted by Crippen LogP contribution is 2.41. The van der Waals surface area contributed by atoms with Gasteiger partial charge in [-0.05, 0) is 73.5 Å². The summed E-state index contributed by atoms with van der Waals surface area (Å²) in [6.07, 6.45) is 1.23. The van der Waals surface area contributed by atoms with Crippen LogP contribution < -0.4 is 5.32 Å². The Morgan fingerprint density at radius 3 is 2.03 bits per heavy atom. The summed E-state index contributed by atoms with van der Waals surface area (Å²) in [4.78, 5) is 13.3. The summed E-state index contributed by atoms with van der Waals surface area (Å²) in [6.45, 7) is 7.96. The van der Waals surface area contributed by atoms with Gasteiger partial charge in [0.1, 0.15) is 0 Å². The van der Waals surface area contributed by atoms with Crippen LogP contribution in [0.3, 0.4) is 0 Å². The lowest BCUT2D eigenvalue weighted by molar-refractivity contribution is -0.249. The number of hydrogen-bond donors (Lipinski definition) is 2. The zero-order chi connectivity index (χ0) is 21.3. The van der Waals surface area contributed by atoms with Crippen molar-refractivity contribution in [2.24, 2.45) is 5.92 Å². The van der Waals surface area contributed by atoms with E-state index in [1.165, 1.54) is 32.0 Å². The Kier molecular flexibility index (Phi) is 4.12. The van der Waals surface area contributed by atoms with Crippen molar-refractivity contribution in [3.63, 3.8) is 0 Å². The molecule has 1 aliphatic rings. The Morgan fingerprint density at radius 2 is 1.40 bits per heavy atom. The van der Waals surface area contributed by atoms with Crippen molar-refractivity contribution >= 4 is 43.9 Å². The average Bonchev–Trinajstić information content (AvgIpc) is 2.70. The van der Waals surface area contributed by atoms with E-state index in [-0.39, 0.29) is 11.8 Å². The summed E-state index contributed by atoms with van der Waals surface area (Å²) >= 11 is 0. The van der Waals surface area contributed by atoms with Crippen LogP contribution in [-0.2, 0) is 4.79 Å². The molecule has 4 heteroatoms. The van der Waals surface area contributed by atoms with E-state index >= 15 is 0 Å². The number of anilines is 1. The Balaban J connectivity index is 1.55. The van der Waals surface area contributed by atoms with Crippen molar-refractivity contribution in [2.75, 3.05) is 5.32 Å². The zero-order valence-corrected chi connectivity index (χ0v) is 18.0. The molecule has 0 saturated carbocycles. The summed E-state index contributed by atoms with van der Waals surface area (Å²) in [5.74, 6) is -0.128.